The van der Waals surface area contributed by atoms with E-state index in [-0.39, 0.29) is 23.2 Å². The zero-order valence-electron chi connectivity index (χ0n) is 17.3. The maximum absolute atomic E-state index is 12.8. The third-order valence-electron chi connectivity index (χ3n) is 5.79. The minimum atomic E-state index is -0.463. The zero-order chi connectivity index (χ0) is 21.8. The molecule has 0 spiro atoms. The molecule has 1 atom stereocenters. The number of fused-ring (bicyclic) bond motifs is 1. The van der Waals surface area contributed by atoms with Crippen LogP contribution in [0.5, 0.6) is 0 Å². The second-order valence-corrected chi connectivity index (χ2v) is 7.76. The van der Waals surface area contributed by atoms with Gasteiger partial charge in [-0.15, -0.1) is 0 Å². The van der Waals surface area contributed by atoms with E-state index in [1.807, 2.05) is 24.4 Å². The van der Waals surface area contributed by atoms with Gasteiger partial charge in [0.2, 0.25) is 0 Å². The number of nitrogens with one attached hydrogen (secondary N) is 1. The Kier molecular flexibility index (Phi) is 6.04. The molecule has 1 N–H and O–H groups in total. The molecular weight excluding hydrogens is 392 g/mol. The molecule has 31 heavy (non-hydrogen) atoms. The van der Waals surface area contributed by atoms with Gasteiger partial charge in [0.25, 0.3) is 11.6 Å². The van der Waals surface area contributed by atoms with E-state index < -0.39 is 4.92 Å². The van der Waals surface area contributed by atoms with E-state index >= 15 is 0 Å². The molecule has 4 rings (SSSR count). The summed E-state index contributed by atoms with van der Waals surface area (Å²) in [5.74, 6) is -0.325. The Morgan fingerprint density at radius 3 is 2.74 bits per heavy atom. The van der Waals surface area contributed by atoms with Gasteiger partial charge in [-0.3, -0.25) is 24.8 Å². The molecule has 0 bridgehead atoms. The van der Waals surface area contributed by atoms with Gasteiger partial charge in [0.05, 0.1) is 11.0 Å². The van der Waals surface area contributed by atoms with Crippen molar-refractivity contribution in [2.24, 2.45) is 0 Å². The molecule has 0 radical (unpaired) electrons. The number of hydrogen-bond donors (Lipinski definition) is 1. The van der Waals surface area contributed by atoms with Crippen LogP contribution in [0.4, 0.5) is 5.69 Å². The molecule has 2 aromatic carbocycles. The standard InChI is InChI=1S/C24H24N4O3/c1-17-8-9-19(13-22(17)28(30)31)24(29)26-15-23(20-7-4-11-25-14-20)27-12-10-18-5-2-3-6-21(18)16-27/h2-9,11,13-14,23H,10,12,15-16H2,1H3,(H,26,29)/t23-/m1/s1. The Bertz CT molecular complexity index is 1100. The first kappa shape index (κ1) is 20.7. The molecule has 0 aliphatic carbocycles. The Morgan fingerprint density at radius 1 is 1.19 bits per heavy atom. The van der Waals surface area contributed by atoms with Gasteiger partial charge in [-0.1, -0.05) is 36.4 Å². The fraction of sp³-hybridized carbons (Fsp3) is 0.250. The maximum Gasteiger partial charge on any atom is 0.273 e. The largest absolute Gasteiger partial charge is 0.350 e. The summed E-state index contributed by atoms with van der Waals surface area (Å²) in [5, 5.41) is 14.2. The number of hydrogen-bond acceptors (Lipinski definition) is 5. The number of carbonyl (C=O) groups is 1. The van der Waals surface area contributed by atoms with E-state index in [0.717, 1.165) is 25.1 Å². The third-order valence-corrected chi connectivity index (χ3v) is 5.79. The van der Waals surface area contributed by atoms with Gasteiger partial charge in [0.1, 0.15) is 0 Å². The van der Waals surface area contributed by atoms with Gasteiger partial charge in [0.15, 0.2) is 0 Å². The van der Waals surface area contributed by atoms with Crippen LogP contribution >= 0.6 is 0 Å². The van der Waals surface area contributed by atoms with Gasteiger partial charge >= 0.3 is 0 Å². The predicted molar refractivity (Wildman–Crippen MR) is 118 cm³/mol. The summed E-state index contributed by atoms with van der Waals surface area (Å²) in [6.45, 7) is 3.71. The molecule has 1 amide bonds. The van der Waals surface area contributed by atoms with Crippen LogP contribution in [-0.2, 0) is 13.0 Å². The van der Waals surface area contributed by atoms with Crippen molar-refractivity contribution in [3.05, 3.63) is 105 Å². The Balaban J connectivity index is 1.53. The van der Waals surface area contributed by atoms with Crippen molar-refractivity contribution in [1.82, 2.24) is 15.2 Å². The molecule has 158 valence electrons. The molecule has 0 saturated heterocycles. The van der Waals surface area contributed by atoms with E-state index in [4.69, 9.17) is 0 Å². The molecule has 7 heteroatoms. The van der Waals surface area contributed by atoms with Crippen LogP contribution in [0.1, 0.15) is 38.7 Å². The van der Waals surface area contributed by atoms with Gasteiger partial charge in [-0.2, -0.15) is 0 Å². The molecule has 2 heterocycles. The number of pyridine rings is 1. The van der Waals surface area contributed by atoms with Crippen LogP contribution in [0.3, 0.4) is 0 Å². The Hall–Kier alpha value is -3.58. The summed E-state index contributed by atoms with van der Waals surface area (Å²) in [6, 6.07) is 16.8. The van der Waals surface area contributed by atoms with Crippen molar-refractivity contribution in [2.45, 2.75) is 25.9 Å². The summed E-state index contributed by atoms with van der Waals surface area (Å²) < 4.78 is 0. The summed E-state index contributed by atoms with van der Waals surface area (Å²) >= 11 is 0. The number of nitro benzene ring substituents is 1. The molecule has 1 aliphatic rings. The van der Waals surface area contributed by atoms with E-state index in [0.29, 0.717) is 12.1 Å². The summed E-state index contributed by atoms with van der Waals surface area (Å²) in [4.78, 5) is 30.1. The highest BCUT2D eigenvalue weighted by atomic mass is 16.6. The van der Waals surface area contributed by atoms with E-state index in [2.05, 4.69) is 33.4 Å². The Labute approximate surface area is 180 Å². The normalized spacial score (nSPS) is 14.5. The lowest BCUT2D eigenvalue weighted by atomic mass is 9.97. The molecule has 7 nitrogen and oxygen atoms in total. The highest BCUT2D eigenvalue weighted by molar-refractivity contribution is 5.95. The quantitative estimate of drug-likeness (QED) is 0.487. The lowest BCUT2D eigenvalue weighted by Gasteiger charge is -2.36. The molecular formula is C24H24N4O3. The van der Waals surface area contributed by atoms with Crippen LogP contribution in [0, 0.1) is 17.0 Å². The second-order valence-electron chi connectivity index (χ2n) is 7.76. The van der Waals surface area contributed by atoms with Crippen molar-refractivity contribution in [3.63, 3.8) is 0 Å². The first-order valence-corrected chi connectivity index (χ1v) is 10.3. The zero-order valence-corrected chi connectivity index (χ0v) is 17.3. The van der Waals surface area contributed by atoms with E-state index in [9.17, 15) is 14.9 Å². The average molecular weight is 416 g/mol. The molecule has 0 unspecified atom stereocenters. The number of benzene rings is 2. The van der Waals surface area contributed by atoms with Crippen LogP contribution in [0.25, 0.3) is 0 Å². The average Bonchev–Trinajstić information content (AvgIpc) is 2.80. The lowest BCUT2D eigenvalue weighted by molar-refractivity contribution is -0.385. The first-order valence-electron chi connectivity index (χ1n) is 10.3. The highest BCUT2D eigenvalue weighted by Crippen LogP contribution is 2.27. The number of amides is 1. The second kappa shape index (κ2) is 9.06. The SMILES string of the molecule is Cc1ccc(C(=O)NC[C@H](c2cccnc2)N2CCc3ccccc3C2)cc1[N+](=O)[O-]. The van der Waals surface area contributed by atoms with Crippen LogP contribution in [0.15, 0.2) is 67.0 Å². The topological polar surface area (TPSA) is 88.4 Å². The lowest BCUT2D eigenvalue weighted by Crippen LogP contribution is -2.40. The van der Waals surface area contributed by atoms with Crippen LogP contribution in [-0.4, -0.2) is 33.8 Å². The maximum atomic E-state index is 12.8. The number of rotatable bonds is 6. The summed E-state index contributed by atoms with van der Waals surface area (Å²) in [6.07, 6.45) is 4.51. The predicted octanol–water partition coefficient (Wildman–Crippen LogP) is 3.83. The summed E-state index contributed by atoms with van der Waals surface area (Å²) in [5.41, 5.74) is 4.44. The fourth-order valence-electron chi connectivity index (χ4n) is 4.05. The number of carbonyl (C=O) groups excluding carboxylic acids is 1. The van der Waals surface area contributed by atoms with E-state index in [1.165, 1.54) is 17.2 Å². The van der Waals surface area contributed by atoms with Crippen molar-refractivity contribution in [2.75, 3.05) is 13.1 Å². The number of nitrogens with zero attached hydrogens (tertiary/aromatic N) is 3. The molecule has 1 aliphatic heterocycles. The first-order chi connectivity index (χ1) is 15.0. The summed E-state index contributed by atoms with van der Waals surface area (Å²) in [7, 11) is 0. The smallest absolute Gasteiger partial charge is 0.273 e. The van der Waals surface area contributed by atoms with Crippen molar-refractivity contribution in [3.8, 4) is 0 Å². The minimum absolute atomic E-state index is 0.0496. The number of aromatic nitrogens is 1. The highest BCUT2D eigenvalue weighted by Gasteiger charge is 2.26. The van der Waals surface area contributed by atoms with Gasteiger partial charge in [0, 0.05) is 49.2 Å². The van der Waals surface area contributed by atoms with Crippen molar-refractivity contribution < 1.29 is 9.72 Å². The molecule has 3 aromatic rings. The number of nitro groups is 1. The third kappa shape index (κ3) is 4.62. The molecule has 0 fully saturated rings. The fourth-order valence-corrected chi connectivity index (χ4v) is 4.05. The van der Waals surface area contributed by atoms with Gasteiger partial charge in [-0.25, -0.2) is 0 Å². The van der Waals surface area contributed by atoms with Gasteiger partial charge in [-0.05, 0) is 42.2 Å². The van der Waals surface area contributed by atoms with E-state index in [1.54, 1.807) is 25.3 Å². The monoisotopic (exact) mass is 416 g/mol. The van der Waals surface area contributed by atoms with Crippen molar-refractivity contribution in [1.29, 1.82) is 0 Å². The molecule has 0 saturated carbocycles. The number of aryl methyl sites for hydroxylation is 1. The van der Waals surface area contributed by atoms with Crippen LogP contribution < -0.4 is 5.32 Å². The Morgan fingerprint density at radius 2 is 2.00 bits per heavy atom. The van der Waals surface area contributed by atoms with Gasteiger partial charge < -0.3 is 5.32 Å². The van der Waals surface area contributed by atoms with Crippen molar-refractivity contribution >= 4 is 11.6 Å². The van der Waals surface area contributed by atoms with Crippen LogP contribution in [0.2, 0.25) is 0 Å². The molecule has 1 aromatic heterocycles. The minimum Gasteiger partial charge on any atom is -0.350 e.